The Kier molecular flexibility index (Phi) is 7.24. The standard InChI is InChI=1S/C20H22N2O6S/c1-14-4-10-18(11-5-14)29(26,27)22(3)12-20(25)28-13-19(24)21-17-8-6-16(7-9-17)15(2)23/h4-11H,12-13H2,1-3H3,(H,21,24). The first-order chi connectivity index (χ1) is 13.6. The van der Waals surface area contributed by atoms with Crippen molar-refractivity contribution in [3.05, 3.63) is 59.7 Å². The average molecular weight is 418 g/mol. The highest BCUT2D eigenvalue weighted by Gasteiger charge is 2.23. The molecule has 29 heavy (non-hydrogen) atoms. The first-order valence-electron chi connectivity index (χ1n) is 8.69. The van der Waals surface area contributed by atoms with Crippen LogP contribution in [0.15, 0.2) is 53.4 Å². The van der Waals surface area contributed by atoms with Crippen LogP contribution in [0.5, 0.6) is 0 Å². The Balaban J connectivity index is 1.86. The zero-order valence-corrected chi connectivity index (χ0v) is 17.2. The second kappa shape index (κ2) is 9.44. The monoisotopic (exact) mass is 418 g/mol. The van der Waals surface area contributed by atoms with Crippen LogP contribution in [0.3, 0.4) is 0 Å². The molecule has 2 aromatic carbocycles. The van der Waals surface area contributed by atoms with Gasteiger partial charge < -0.3 is 10.1 Å². The molecule has 0 saturated carbocycles. The van der Waals surface area contributed by atoms with Gasteiger partial charge in [0.05, 0.1) is 4.90 Å². The quantitative estimate of drug-likeness (QED) is 0.519. The van der Waals surface area contributed by atoms with Crippen LogP contribution in [0.2, 0.25) is 0 Å². The fourth-order valence-electron chi connectivity index (χ4n) is 2.33. The van der Waals surface area contributed by atoms with Gasteiger partial charge in [0.1, 0.15) is 6.54 Å². The summed E-state index contributed by atoms with van der Waals surface area (Å²) in [5.41, 5.74) is 1.86. The third kappa shape index (κ3) is 6.23. The Morgan fingerprint density at radius 3 is 2.14 bits per heavy atom. The molecule has 1 N–H and O–H groups in total. The maximum Gasteiger partial charge on any atom is 0.321 e. The van der Waals surface area contributed by atoms with E-state index >= 15 is 0 Å². The van der Waals surface area contributed by atoms with Crippen molar-refractivity contribution in [1.82, 2.24) is 4.31 Å². The minimum absolute atomic E-state index is 0.0603. The first kappa shape index (κ1) is 22.3. The number of hydrogen-bond donors (Lipinski definition) is 1. The van der Waals surface area contributed by atoms with Crippen molar-refractivity contribution >= 4 is 33.4 Å². The number of rotatable bonds is 8. The fraction of sp³-hybridized carbons (Fsp3) is 0.250. The predicted molar refractivity (Wildman–Crippen MR) is 107 cm³/mol. The van der Waals surface area contributed by atoms with Crippen LogP contribution < -0.4 is 5.32 Å². The number of anilines is 1. The number of Topliss-reactive ketones (excluding diaryl/α,β-unsaturated/α-hetero) is 1. The molecular weight excluding hydrogens is 396 g/mol. The van der Waals surface area contributed by atoms with Gasteiger partial charge in [0.25, 0.3) is 5.91 Å². The topological polar surface area (TPSA) is 110 Å². The van der Waals surface area contributed by atoms with Gasteiger partial charge in [-0.3, -0.25) is 14.4 Å². The van der Waals surface area contributed by atoms with Gasteiger partial charge in [-0.05, 0) is 50.2 Å². The molecule has 2 aromatic rings. The molecule has 1 amide bonds. The zero-order chi connectivity index (χ0) is 21.6. The van der Waals surface area contributed by atoms with Gasteiger partial charge in [0, 0.05) is 18.3 Å². The summed E-state index contributed by atoms with van der Waals surface area (Å²) < 4.78 is 30.6. The molecule has 0 unspecified atom stereocenters. The summed E-state index contributed by atoms with van der Waals surface area (Å²) in [6.07, 6.45) is 0. The number of nitrogens with one attached hydrogen (secondary N) is 1. The average Bonchev–Trinajstić information content (AvgIpc) is 2.67. The molecule has 9 heteroatoms. The second-order valence-electron chi connectivity index (χ2n) is 6.42. The molecule has 2 rings (SSSR count). The lowest BCUT2D eigenvalue weighted by atomic mass is 10.1. The van der Waals surface area contributed by atoms with E-state index in [0.717, 1.165) is 9.87 Å². The first-order valence-corrected chi connectivity index (χ1v) is 10.1. The third-order valence-corrected chi connectivity index (χ3v) is 5.84. The van der Waals surface area contributed by atoms with Crippen LogP contribution in [0.1, 0.15) is 22.8 Å². The Labute approximate surface area is 169 Å². The number of sulfonamides is 1. The highest BCUT2D eigenvalue weighted by molar-refractivity contribution is 7.89. The lowest BCUT2D eigenvalue weighted by molar-refractivity contribution is -0.147. The molecular formula is C20H22N2O6S. The minimum Gasteiger partial charge on any atom is -0.455 e. The van der Waals surface area contributed by atoms with Crippen LogP contribution in [-0.4, -0.2) is 50.6 Å². The number of aryl methyl sites for hydroxylation is 1. The summed E-state index contributed by atoms with van der Waals surface area (Å²) in [6, 6.07) is 12.5. The van der Waals surface area contributed by atoms with Crippen molar-refractivity contribution in [3.63, 3.8) is 0 Å². The molecule has 0 saturated heterocycles. The van der Waals surface area contributed by atoms with Crippen molar-refractivity contribution in [2.24, 2.45) is 0 Å². The van der Waals surface area contributed by atoms with E-state index in [-0.39, 0.29) is 10.7 Å². The molecule has 0 heterocycles. The summed E-state index contributed by atoms with van der Waals surface area (Å²) in [5, 5.41) is 2.52. The molecule has 8 nitrogen and oxygen atoms in total. The van der Waals surface area contributed by atoms with Crippen molar-refractivity contribution in [2.75, 3.05) is 25.5 Å². The van der Waals surface area contributed by atoms with Gasteiger partial charge in [0.15, 0.2) is 12.4 Å². The van der Waals surface area contributed by atoms with Crippen LogP contribution in [0, 0.1) is 6.92 Å². The Morgan fingerprint density at radius 1 is 1.00 bits per heavy atom. The van der Waals surface area contributed by atoms with Crippen molar-refractivity contribution in [2.45, 2.75) is 18.7 Å². The number of ether oxygens (including phenoxy) is 1. The van der Waals surface area contributed by atoms with Crippen LogP contribution in [-0.2, 0) is 24.3 Å². The predicted octanol–water partition coefficient (Wildman–Crippen LogP) is 2.00. The number of esters is 1. The maximum atomic E-state index is 12.4. The number of amides is 1. The lowest BCUT2D eigenvalue weighted by Gasteiger charge is -2.16. The van der Waals surface area contributed by atoms with Crippen molar-refractivity contribution in [1.29, 1.82) is 0 Å². The maximum absolute atomic E-state index is 12.4. The van der Waals surface area contributed by atoms with Crippen LogP contribution in [0.4, 0.5) is 5.69 Å². The number of hydrogen-bond acceptors (Lipinski definition) is 6. The van der Waals surface area contributed by atoms with Gasteiger partial charge in [-0.25, -0.2) is 8.42 Å². The molecule has 0 atom stereocenters. The number of carbonyl (C=O) groups excluding carboxylic acids is 3. The molecule has 0 aliphatic rings. The highest BCUT2D eigenvalue weighted by Crippen LogP contribution is 2.15. The summed E-state index contributed by atoms with van der Waals surface area (Å²) in [7, 11) is -2.59. The van der Waals surface area contributed by atoms with E-state index in [0.29, 0.717) is 11.3 Å². The molecule has 0 aromatic heterocycles. The molecule has 0 bridgehead atoms. The summed E-state index contributed by atoms with van der Waals surface area (Å²) in [4.78, 5) is 35.1. The van der Waals surface area contributed by atoms with Crippen molar-refractivity contribution in [3.8, 4) is 0 Å². The van der Waals surface area contributed by atoms with E-state index in [1.807, 2.05) is 6.92 Å². The van der Waals surface area contributed by atoms with E-state index in [4.69, 9.17) is 4.74 Å². The van der Waals surface area contributed by atoms with Gasteiger partial charge >= 0.3 is 5.97 Å². The Bertz CT molecular complexity index is 998. The molecule has 154 valence electrons. The molecule has 0 radical (unpaired) electrons. The number of likely N-dealkylation sites (N-methyl/N-ethyl adjacent to an activating group) is 1. The molecule has 0 aliphatic carbocycles. The van der Waals surface area contributed by atoms with Gasteiger partial charge in [-0.2, -0.15) is 4.31 Å². The number of benzene rings is 2. The second-order valence-corrected chi connectivity index (χ2v) is 8.46. The number of ketones is 1. The summed E-state index contributed by atoms with van der Waals surface area (Å²) >= 11 is 0. The van der Waals surface area contributed by atoms with Crippen LogP contribution in [0.25, 0.3) is 0 Å². The van der Waals surface area contributed by atoms with E-state index < -0.39 is 35.1 Å². The highest BCUT2D eigenvalue weighted by atomic mass is 32.2. The minimum atomic E-state index is -3.84. The normalized spacial score (nSPS) is 11.2. The van der Waals surface area contributed by atoms with E-state index in [1.54, 1.807) is 36.4 Å². The van der Waals surface area contributed by atoms with E-state index in [2.05, 4.69) is 5.32 Å². The molecule has 0 spiro atoms. The fourth-order valence-corrected chi connectivity index (χ4v) is 3.45. The number of nitrogens with zero attached hydrogens (tertiary/aromatic N) is 1. The molecule has 0 fully saturated rings. The van der Waals surface area contributed by atoms with E-state index in [1.165, 1.54) is 26.1 Å². The van der Waals surface area contributed by atoms with E-state index in [9.17, 15) is 22.8 Å². The van der Waals surface area contributed by atoms with Gasteiger partial charge in [0.2, 0.25) is 10.0 Å². The van der Waals surface area contributed by atoms with Crippen molar-refractivity contribution < 1.29 is 27.5 Å². The smallest absolute Gasteiger partial charge is 0.321 e. The lowest BCUT2D eigenvalue weighted by Crippen LogP contribution is -2.34. The Hall–Kier alpha value is -3.04. The zero-order valence-electron chi connectivity index (χ0n) is 16.3. The van der Waals surface area contributed by atoms with Gasteiger partial charge in [-0.1, -0.05) is 17.7 Å². The van der Waals surface area contributed by atoms with Crippen LogP contribution >= 0.6 is 0 Å². The summed E-state index contributed by atoms with van der Waals surface area (Å²) in [6.45, 7) is 2.17. The summed E-state index contributed by atoms with van der Waals surface area (Å²) in [5.74, 6) is -1.54. The largest absolute Gasteiger partial charge is 0.455 e. The van der Waals surface area contributed by atoms with Gasteiger partial charge in [-0.15, -0.1) is 0 Å². The third-order valence-electron chi connectivity index (χ3n) is 4.02. The molecule has 0 aliphatic heterocycles. The Morgan fingerprint density at radius 2 is 1.59 bits per heavy atom. The number of carbonyl (C=O) groups is 3. The SMILES string of the molecule is CC(=O)c1ccc(NC(=O)COC(=O)CN(C)S(=O)(=O)c2ccc(C)cc2)cc1.